The van der Waals surface area contributed by atoms with Crippen molar-refractivity contribution in [3.63, 3.8) is 0 Å². The molecule has 0 bridgehead atoms. The van der Waals surface area contributed by atoms with Crippen LogP contribution in [0.15, 0.2) is 34.1 Å². The van der Waals surface area contributed by atoms with Gasteiger partial charge >= 0.3 is 0 Å². The van der Waals surface area contributed by atoms with Crippen LogP contribution in [-0.2, 0) is 6.54 Å². The monoisotopic (exact) mass is 338 g/mol. The minimum atomic E-state index is -0.0677. The number of anilines is 1. The van der Waals surface area contributed by atoms with Crippen LogP contribution in [0, 0.1) is 6.92 Å². The summed E-state index contributed by atoms with van der Waals surface area (Å²) in [4.78, 5) is 12.9. The van der Waals surface area contributed by atoms with Crippen LogP contribution in [-0.4, -0.2) is 13.0 Å². The third-order valence-corrected chi connectivity index (χ3v) is 4.43. The van der Waals surface area contributed by atoms with Crippen LogP contribution >= 0.6 is 27.3 Å². The number of thiophene rings is 1. The van der Waals surface area contributed by atoms with Crippen LogP contribution in [0.25, 0.3) is 0 Å². The highest BCUT2D eigenvalue weighted by molar-refractivity contribution is 9.11. The average Bonchev–Trinajstić information content (AvgIpc) is 2.82. The van der Waals surface area contributed by atoms with Gasteiger partial charge in [0.15, 0.2) is 0 Å². The molecule has 2 N–H and O–H groups in total. The first-order chi connectivity index (χ1) is 9.10. The molecule has 0 saturated heterocycles. The number of nitrogens with one attached hydrogen (secondary N) is 2. The first kappa shape index (κ1) is 14.1. The molecule has 3 nitrogen and oxygen atoms in total. The quantitative estimate of drug-likeness (QED) is 0.890. The van der Waals surface area contributed by atoms with Crippen molar-refractivity contribution < 1.29 is 4.79 Å². The smallest absolute Gasteiger partial charge is 0.251 e. The molecule has 0 radical (unpaired) electrons. The highest BCUT2D eigenvalue weighted by Gasteiger charge is 2.06. The molecule has 0 aliphatic heterocycles. The van der Waals surface area contributed by atoms with Crippen LogP contribution in [0.5, 0.6) is 0 Å². The Hall–Kier alpha value is -1.33. The van der Waals surface area contributed by atoms with Gasteiger partial charge in [-0.15, -0.1) is 11.3 Å². The molecule has 0 unspecified atom stereocenters. The van der Waals surface area contributed by atoms with Gasteiger partial charge in [0, 0.05) is 29.7 Å². The highest BCUT2D eigenvalue weighted by Crippen LogP contribution is 2.24. The molecule has 100 valence electrons. The Balaban J connectivity index is 2.12. The fraction of sp³-hybridized carbons (Fsp3) is 0.214. The Kier molecular flexibility index (Phi) is 4.61. The summed E-state index contributed by atoms with van der Waals surface area (Å²) < 4.78 is 1.13. The average molecular weight is 339 g/mol. The normalized spacial score (nSPS) is 10.3. The lowest BCUT2D eigenvalue weighted by molar-refractivity contribution is 0.0963. The van der Waals surface area contributed by atoms with E-state index in [0.717, 1.165) is 21.6 Å². The minimum absolute atomic E-state index is 0.0677. The molecule has 5 heteroatoms. The molecular weight excluding hydrogens is 324 g/mol. The molecule has 0 atom stereocenters. The third-order valence-electron chi connectivity index (χ3n) is 2.81. The van der Waals surface area contributed by atoms with Crippen molar-refractivity contribution in [1.29, 1.82) is 0 Å². The molecule has 0 fully saturated rings. The predicted molar refractivity (Wildman–Crippen MR) is 83.9 cm³/mol. The number of hydrogen-bond acceptors (Lipinski definition) is 3. The van der Waals surface area contributed by atoms with Gasteiger partial charge in [0.2, 0.25) is 0 Å². The van der Waals surface area contributed by atoms with Gasteiger partial charge in [0.05, 0.1) is 3.79 Å². The van der Waals surface area contributed by atoms with E-state index in [1.807, 2.05) is 31.2 Å². The second-order valence-corrected chi connectivity index (χ2v) is 6.72. The molecule has 0 saturated carbocycles. The molecule has 1 aromatic carbocycles. The topological polar surface area (TPSA) is 41.1 Å². The second-order valence-electron chi connectivity index (χ2n) is 4.17. The summed E-state index contributed by atoms with van der Waals surface area (Å²) in [6.07, 6.45) is 0. The summed E-state index contributed by atoms with van der Waals surface area (Å²) in [5.74, 6) is -0.0677. The van der Waals surface area contributed by atoms with Crippen LogP contribution in [0.2, 0.25) is 0 Å². The Morgan fingerprint density at radius 3 is 2.74 bits per heavy atom. The third kappa shape index (κ3) is 3.58. The summed E-state index contributed by atoms with van der Waals surface area (Å²) in [7, 11) is 1.64. The van der Waals surface area contributed by atoms with E-state index < -0.39 is 0 Å². The number of rotatable bonds is 4. The number of carbonyl (C=O) groups is 1. The van der Waals surface area contributed by atoms with E-state index in [-0.39, 0.29) is 5.91 Å². The zero-order chi connectivity index (χ0) is 13.8. The Bertz CT molecular complexity index is 595. The van der Waals surface area contributed by atoms with Crippen molar-refractivity contribution in [2.24, 2.45) is 0 Å². The molecule has 1 heterocycles. The van der Waals surface area contributed by atoms with Crippen LogP contribution in [0.4, 0.5) is 5.69 Å². The molecule has 2 rings (SSSR count). The Labute approximate surface area is 125 Å². The summed E-state index contributed by atoms with van der Waals surface area (Å²) in [5, 5.41) is 6.01. The van der Waals surface area contributed by atoms with Gasteiger partial charge in [0.1, 0.15) is 0 Å². The number of halogens is 1. The first-order valence-electron chi connectivity index (χ1n) is 5.91. The van der Waals surface area contributed by atoms with E-state index in [1.165, 1.54) is 4.88 Å². The van der Waals surface area contributed by atoms with Crippen molar-refractivity contribution in [2.75, 3.05) is 12.4 Å². The van der Waals surface area contributed by atoms with Gasteiger partial charge in [-0.25, -0.2) is 0 Å². The van der Waals surface area contributed by atoms with Crippen molar-refractivity contribution in [3.8, 4) is 0 Å². The first-order valence-corrected chi connectivity index (χ1v) is 7.52. The fourth-order valence-corrected chi connectivity index (χ4v) is 3.15. The van der Waals surface area contributed by atoms with Crippen molar-refractivity contribution >= 4 is 38.9 Å². The molecular formula is C14H15BrN2OS. The van der Waals surface area contributed by atoms with Crippen LogP contribution in [0.3, 0.4) is 0 Å². The lowest BCUT2D eigenvalue weighted by Crippen LogP contribution is -2.18. The van der Waals surface area contributed by atoms with E-state index in [0.29, 0.717) is 5.56 Å². The predicted octanol–water partition coefficient (Wildman–Crippen LogP) is 3.79. The number of benzene rings is 1. The maximum Gasteiger partial charge on any atom is 0.251 e. The summed E-state index contributed by atoms with van der Waals surface area (Å²) in [6.45, 7) is 2.79. The fourth-order valence-electron chi connectivity index (χ4n) is 1.73. The van der Waals surface area contributed by atoms with E-state index in [9.17, 15) is 4.79 Å². The van der Waals surface area contributed by atoms with Gasteiger partial charge in [-0.3, -0.25) is 4.79 Å². The minimum Gasteiger partial charge on any atom is -0.380 e. The maximum absolute atomic E-state index is 11.6. The standard InChI is InChI=1S/C14H15BrN2OS/c1-9-3-4-10(14(18)16-2)7-12(9)17-8-11-5-6-13(15)19-11/h3-7,17H,8H2,1-2H3,(H,16,18). The van der Waals surface area contributed by atoms with E-state index in [1.54, 1.807) is 18.4 Å². The second kappa shape index (κ2) is 6.21. The van der Waals surface area contributed by atoms with Gasteiger partial charge < -0.3 is 10.6 Å². The van der Waals surface area contributed by atoms with Gasteiger partial charge in [-0.2, -0.15) is 0 Å². The summed E-state index contributed by atoms with van der Waals surface area (Å²) >= 11 is 5.15. The molecule has 19 heavy (non-hydrogen) atoms. The SMILES string of the molecule is CNC(=O)c1ccc(C)c(NCc2ccc(Br)s2)c1. The Morgan fingerprint density at radius 1 is 1.32 bits per heavy atom. The lowest BCUT2D eigenvalue weighted by atomic mass is 10.1. The molecule has 0 aliphatic carbocycles. The van der Waals surface area contributed by atoms with Crippen molar-refractivity contribution in [1.82, 2.24) is 5.32 Å². The number of aryl methyl sites for hydroxylation is 1. The summed E-state index contributed by atoms with van der Waals surface area (Å²) in [6, 6.07) is 9.80. The number of amides is 1. The number of hydrogen-bond donors (Lipinski definition) is 2. The molecule has 0 aliphatic rings. The largest absolute Gasteiger partial charge is 0.380 e. The van der Waals surface area contributed by atoms with Gasteiger partial charge in [-0.1, -0.05) is 6.07 Å². The highest BCUT2D eigenvalue weighted by atomic mass is 79.9. The van der Waals surface area contributed by atoms with E-state index in [2.05, 4.69) is 32.6 Å². The molecule has 1 amide bonds. The lowest BCUT2D eigenvalue weighted by Gasteiger charge is -2.10. The summed E-state index contributed by atoms with van der Waals surface area (Å²) in [5.41, 5.74) is 2.79. The zero-order valence-electron chi connectivity index (χ0n) is 10.8. The van der Waals surface area contributed by atoms with Gasteiger partial charge in [-0.05, 0) is 52.7 Å². The maximum atomic E-state index is 11.6. The molecule has 2 aromatic rings. The zero-order valence-corrected chi connectivity index (χ0v) is 13.2. The molecule has 0 spiro atoms. The van der Waals surface area contributed by atoms with Crippen LogP contribution < -0.4 is 10.6 Å². The van der Waals surface area contributed by atoms with Crippen LogP contribution in [0.1, 0.15) is 20.8 Å². The van der Waals surface area contributed by atoms with E-state index in [4.69, 9.17) is 0 Å². The molecule has 1 aromatic heterocycles. The van der Waals surface area contributed by atoms with Crippen molar-refractivity contribution in [2.45, 2.75) is 13.5 Å². The van der Waals surface area contributed by atoms with Gasteiger partial charge in [0.25, 0.3) is 5.91 Å². The van der Waals surface area contributed by atoms with E-state index >= 15 is 0 Å². The van der Waals surface area contributed by atoms with Crippen molar-refractivity contribution in [3.05, 3.63) is 50.1 Å². The Morgan fingerprint density at radius 2 is 2.11 bits per heavy atom. The number of carbonyl (C=O) groups excluding carboxylic acids is 1.